The molecule has 0 bridgehead atoms. The summed E-state index contributed by atoms with van der Waals surface area (Å²) >= 11 is 3.42. The van der Waals surface area contributed by atoms with Crippen molar-refractivity contribution in [3.63, 3.8) is 0 Å². The summed E-state index contributed by atoms with van der Waals surface area (Å²) < 4.78 is 0. The lowest BCUT2D eigenvalue weighted by Crippen LogP contribution is -1.98. The number of aromatic nitrogens is 2. The van der Waals surface area contributed by atoms with Crippen LogP contribution in [0.15, 0.2) is 17.3 Å². The second-order valence-electron chi connectivity index (χ2n) is 5.38. The molecule has 1 aliphatic rings. The molecule has 3 rings (SSSR count). The maximum atomic E-state index is 6.20. The zero-order chi connectivity index (χ0) is 14.1. The second-order valence-corrected chi connectivity index (χ2v) is 7.41. The number of nitrogens with two attached hydrogens (primary N) is 1. The van der Waals surface area contributed by atoms with Crippen LogP contribution in [0.3, 0.4) is 0 Å². The number of rotatable bonds is 3. The molecular weight excluding hydrogens is 286 g/mol. The summed E-state index contributed by atoms with van der Waals surface area (Å²) in [6.45, 7) is 5.93. The van der Waals surface area contributed by atoms with Crippen LogP contribution in [0.5, 0.6) is 0 Å². The maximum absolute atomic E-state index is 6.20. The summed E-state index contributed by atoms with van der Waals surface area (Å²) in [7, 11) is 0. The summed E-state index contributed by atoms with van der Waals surface area (Å²) in [6, 6.07) is 0. The van der Waals surface area contributed by atoms with E-state index < -0.39 is 0 Å². The highest BCUT2D eigenvalue weighted by molar-refractivity contribution is 7.99. The molecule has 0 aromatic carbocycles. The molecule has 0 fully saturated rings. The normalized spacial score (nSPS) is 15.1. The number of nitrogen functional groups attached to an aromatic ring is 1. The number of thiophene rings is 1. The molecule has 0 spiro atoms. The van der Waals surface area contributed by atoms with Crippen molar-refractivity contribution in [3.05, 3.63) is 22.6 Å². The number of hydrogen-bond donors (Lipinski definition) is 1. The van der Waals surface area contributed by atoms with Gasteiger partial charge in [-0.05, 0) is 38.2 Å². The predicted molar refractivity (Wildman–Crippen MR) is 88.6 cm³/mol. The number of nitrogens with zero attached hydrogens (tertiary/aromatic N) is 2. The largest absolute Gasteiger partial charge is 0.383 e. The van der Waals surface area contributed by atoms with Gasteiger partial charge in [0.1, 0.15) is 10.6 Å². The molecule has 2 aromatic rings. The van der Waals surface area contributed by atoms with Crippen molar-refractivity contribution in [3.8, 4) is 0 Å². The van der Waals surface area contributed by atoms with Crippen LogP contribution in [-0.2, 0) is 12.8 Å². The minimum Gasteiger partial charge on any atom is -0.383 e. The lowest BCUT2D eigenvalue weighted by Gasteiger charge is -2.04. The van der Waals surface area contributed by atoms with Crippen LogP contribution in [0, 0.1) is 0 Å². The summed E-state index contributed by atoms with van der Waals surface area (Å²) in [6.07, 6.45) is 6.15. The first-order valence-electron chi connectivity index (χ1n) is 7.00. The third-order valence-electron chi connectivity index (χ3n) is 3.52. The quantitative estimate of drug-likeness (QED) is 0.399. The zero-order valence-corrected chi connectivity index (χ0v) is 13.4. The number of anilines is 1. The van der Waals surface area contributed by atoms with Gasteiger partial charge in [0, 0.05) is 10.6 Å². The van der Waals surface area contributed by atoms with E-state index in [1.54, 1.807) is 11.8 Å². The molecule has 0 radical (unpaired) electrons. The molecule has 0 unspecified atom stereocenters. The summed E-state index contributed by atoms with van der Waals surface area (Å²) in [5.74, 6) is 1.49. The number of aryl methyl sites for hydroxylation is 2. The second kappa shape index (κ2) is 5.74. The average molecular weight is 305 g/mol. The van der Waals surface area contributed by atoms with Gasteiger partial charge < -0.3 is 5.73 Å². The topological polar surface area (TPSA) is 51.8 Å². The van der Waals surface area contributed by atoms with Crippen LogP contribution < -0.4 is 5.73 Å². The van der Waals surface area contributed by atoms with Crippen molar-refractivity contribution in [1.82, 2.24) is 9.97 Å². The fourth-order valence-electron chi connectivity index (χ4n) is 2.59. The molecule has 0 aliphatic heterocycles. The van der Waals surface area contributed by atoms with Gasteiger partial charge in [-0.15, -0.1) is 11.3 Å². The van der Waals surface area contributed by atoms with Gasteiger partial charge in [0.05, 0.1) is 5.39 Å². The Morgan fingerprint density at radius 1 is 1.30 bits per heavy atom. The molecule has 3 nitrogen and oxygen atoms in total. The standard InChI is InChI=1S/C15H19N3S2/c1-9(2)8-19-15-17-13(16)12-10-6-4-3-5-7-11(10)20-14(12)18-15/h1,3-8H2,2H3,(H2,16,17,18). The average Bonchev–Trinajstić information content (AvgIpc) is 2.59. The van der Waals surface area contributed by atoms with Gasteiger partial charge in [-0.1, -0.05) is 30.3 Å². The fraction of sp³-hybridized carbons (Fsp3) is 0.467. The Hall–Kier alpha value is -1.07. The molecule has 1 aliphatic carbocycles. The van der Waals surface area contributed by atoms with Gasteiger partial charge in [-0.2, -0.15) is 0 Å². The van der Waals surface area contributed by atoms with Crippen LogP contribution >= 0.6 is 23.1 Å². The van der Waals surface area contributed by atoms with Crippen molar-refractivity contribution < 1.29 is 0 Å². The van der Waals surface area contributed by atoms with Gasteiger partial charge in [0.2, 0.25) is 0 Å². The Labute approximate surface area is 127 Å². The Kier molecular flexibility index (Phi) is 3.98. The van der Waals surface area contributed by atoms with Crippen LogP contribution in [0.1, 0.15) is 36.6 Å². The predicted octanol–water partition coefficient (Wildman–Crippen LogP) is 4.21. The molecule has 0 atom stereocenters. The van der Waals surface area contributed by atoms with Gasteiger partial charge in [0.15, 0.2) is 5.16 Å². The van der Waals surface area contributed by atoms with Crippen LogP contribution in [0.2, 0.25) is 0 Å². The van der Waals surface area contributed by atoms with E-state index in [1.807, 2.05) is 18.3 Å². The minimum atomic E-state index is 0.651. The van der Waals surface area contributed by atoms with Crippen molar-refractivity contribution in [1.29, 1.82) is 0 Å². The maximum Gasteiger partial charge on any atom is 0.191 e. The van der Waals surface area contributed by atoms with Crippen molar-refractivity contribution in [2.75, 3.05) is 11.5 Å². The molecule has 5 heteroatoms. The summed E-state index contributed by atoms with van der Waals surface area (Å²) in [4.78, 5) is 11.7. The molecule has 2 N–H and O–H groups in total. The van der Waals surface area contributed by atoms with Crippen LogP contribution in [-0.4, -0.2) is 15.7 Å². The highest BCUT2D eigenvalue weighted by Gasteiger charge is 2.19. The van der Waals surface area contributed by atoms with E-state index in [4.69, 9.17) is 10.7 Å². The molecule has 0 saturated carbocycles. The molecule has 0 amide bonds. The van der Waals surface area contributed by atoms with E-state index in [0.717, 1.165) is 33.1 Å². The van der Waals surface area contributed by atoms with E-state index in [-0.39, 0.29) is 0 Å². The lowest BCUT2D eigenvalue weighted by atomic mass is 10.1. The third kappa shape index (κ3) is 2.69. The number of fused-ring (bicyclic) bond motifs is 3. The number of hydrogen-bond acceptors (Lipinski definition) is 5. The number of thioether (sulfide) groups is 1. The summed E-state index contributed by atoms with van der Waals surface area (Å²) in [5, 5.41) is 1.89. The molecule has 2 aromatic heterocycles. The van der Waals surface area contributed by atoms with Crippen LogP contribution in [0.4, 0.5) is 5.82 Å². The third-order valence-corrected chi connectivity index (χ3v) is 5.78. The van der Waals surface area contributed by atoms with Crippen molar-refractivity contribution >= 4 is 39.1 Å². The van der Waals surface area contributed by atoms with E-state index >= 15 is 0 Å². The highest BCUT2D eigenvalue weighted by atomic mass is 32.2. The zero-order valence-electron chi connectivity index (χ0n) is 11.7. The first-order chi connectivity index (χ1) is 9.65. The molecule has 20 heavy (non-hydrogen) atoms. The van der Waals surface area contributed by atoms with E-state index in [9.17, 15) is 0 Å². The van der Waals surface area contributed by atoms with Gasteiger partial charge >= 0.3 is 0 Å². The molecule has 2 heterocycles. The van der Waals surface area contributed by atoms with E-state index in [1.165, 1.54) is 36.1 Å². The Bertz CT molecular complexity index is 661. The smallest absolute Gasteiger partial charge is 0.191 e. The fourth-order valence-corrected chi connectivity index (χ4v) is 4.62. The Morgan fingerprint density at radius 2 is 2.10 bits per heavy atom. The molecule has 0 saturated heterocycles. The Balaban J connectivity index is 2.02. The van der Waals surface area contributed by atoms with Crippen molar-refractivity contribution in [2.45, 2.75) is 44.2 Å². The van der Waals surface area contributed by atoms with Gasteiger partial charge in [0.25, 0.3) is 0 Å². The van der Waals surface area contributed by atoms with Crippen molar-refractivity contribution in [2.24, 2.45) is 0 Å². The van der Waals surface area contributed by atoms with E-state index in [0.29, 0.717) is 5.82 Å². The first-order valence-corrected chi connectivity index (χ1v) is 8.80. The lowest BCUT2D eigenvalue weighted by molar-refractivity contribution is 0.713. The first kappa shape index (κ1) is 13.9. The summed E-state index contributed by atoms with van der Waals surface area (Å²) in [5.41, 5.74) is 8.74. The monoisotopic (exact) mass is 305 g/mol. The minimum absolute atomic E-state index is 0.651. The highest BCUT2D eigenvalue weighted by Crippen LogP contribution is 2.38. The SMILES string of the molecule is C=C(C)CSc1nc(N)c2c3c(sc2n1)CCCCC3. The van der Waals surface area contributed by atoms with Gasteiger partial charge in [-0.3, -0.25) is 0 Å². The molecule has 106 valence electrons. The van der Waals surface area contributed by atoms with E-state index in [2.05, 4.69) is 11.6 Å². The van der Waals surface area contributed by atoms with Crippen LogP contribution in [0.25, 0.3) is 10.2 Å². The van der Waals surface area contributed by atoms with Gasteiger partial charge in [-0.25, -0.2) is 9.97 Å². The molecular formula is C15H19N3S2. The Morgan fingerprint density at radius 3 is 2.90 bits per heavy atom.